The molecule has 2 aromatic rings. The second-order valence-electron chi connectivity index (χ2n) is 4.63. The minimum absolute atomic E-state index is 0.651. The third kappa shape index (κ3) is 1.84. The second-order valence-corrected chi connectivity index (χ2v) is 4.63. The van der Waals surface area contributed by atoms with Crippen molar-refractivity contribution < 1.29 is 5.11 Å². The van der Waals surface area contributed by atoms with Crippen LogP contribution >= 0.6 is 0 Å². The summed E-state index contributed by atoms with van der Waals surface area (Å²) in [4.78, 5) is 10.1. The molecule has 0 spiro atoms. The van der Waals surface area contributed by atoms with Crippen LogP contribution in [0, 0.1) is 0 Å². The molecule has 0 fully saturated rings. The summed E-state index contributed by atoms with van der Waals surface area (Å²) in [6.07, 6.45) is 5.15. The van der Waals surface area contributed by atoms with Gasteiger partial charge in [0.2, 0.25) is 0 Å². The SMILES string of the molecule is CN1CCc2cc(C(O)c3cncnc3)ccc21. The minimum Gasteiger partial charge on any atom is -0.384 e. The number of aliphatic hydroxyl groups is 1. The Labute approximate surface area is 106 Å². The molecule has 0 saturated carbocycles. The zero-order chi connectivity index (χ0) is 12.5. The number of likely N-dealkylation sites (N-methyl/N-ethyl adjacent to an activating group) is 1. The van der Waals surface area contributed by atoms with Crippen LogP contribution in [0.25, 0.3) is 0 Å². The lowest BCUT2D eigenvalue weighted by molar-refractivity contribution is 0.219. The van der Waals surface area contributed by atoms with E-state index in [4.69, 9.17) is 0 Å². The molecule has 1 atom stereocenters. The van der Waals surface area contributed by atoms with Gasteiger partial charge in [0.05, 0.1) is 0 Å². The van der Waals surface area contributed by atoms with E-state index in [1.165, 1.54) is 17.6 Å². The molecule has 3 rings (SSSR count). The molecule has 0 saturated heterocycles. The fourth-order valence-corrected chi connectivity index (χ4v) is 2.40. The number of aromatic nitrogens is 2. The van der Waals surface area contributed by atoms with E-state index >= 15 is 0 Å². The average Bonchev–Trinajstić information content (AvgIpc) is 2.80. The number of hydrogen-bond acceptors (Lipinski definition) is 4. The van der Waals surface area contributed by atoms with Gasteiger partial charge in [-0.2, -0.15) is 0 Å². The molecular formula is C14H15N3O. The van der Waals surface area contributed by atoms with Gasteiger partial charge in [0, 0.05) is 37.2 Å². The molecule has 1 unspecified atom stereocenters. The van der Waals surface area contributed by atoms with E-state index < -0.39 is 6.10 Å². The monoisotopic (exact) mass is 241 g/mol. The van der Waals surface area contributed by atoms with Crippen LogP contribution in [0.2, 0.25) is 0 Å². The van der Waals surface area contributed by atoms with E-state index in [0.29, 0.717) is 0 Å². The number of rotatable bonds is 2. The molecule has 0 amide bonds. The molecule has 1 aliphatic heterocycles. The van der Waals surface area contributed by atoms with Crippen LogP contribution in [-0.4, -0.2) is 28.7 Å². The summed E-state index contributed by atoms with van der Waals surface area (Å²) in [6, 6.07) is 6.12. The molecule has 2 heterocycles. The van der Waals surface area contributed by atoms with Gasteiger partial charge >= 0.3 is 0 Å². The highest BCUT2D eigenvalue weighted by Crippen LogP contribution is 2.30. The van der Waals surface area contributed by atoms with Gasteiger partial charge in [-0.1, -0.05) is 12.1 Å². The highest BCUT2D eigenvalue weighted by atomic mass is 16.3. The maximum absolute atomic E-state index is 10.3. The van der Waals surface area contributed by atoms with Crippen LogP contribution in [0.1, 0.15) is 22.8 Å². The summed E-state index contributed by atoms with van der Waals surface area (Å²) in [6.45, 7) is 1.04. The second kappa shape index (κ2) is 4.38. The summed E-state index contributed by atoms with van der Waals surface area (Å²) >= 11 is 0. The van der Waals surface area contributed by atoms with Crippen LogP contribution in [0.15, 0.2) is 36.9 Å². The van der Waals surface area contributed by atoms with Crippen LogP contribution in [0.4, 0.5) is 5.69 Å². The average molecular weight is 241 g/mol. The zero-order valence-corrected chi connectivity index (χ0v) is 10.2. The standard InChI is InChI=1S/C14H15N3O/c1-17-5-4-10-6-11(2-3-13(10)17)14(18)12-7-15-9-16-8-12/h2-3,6-9,14,18H,4-5H2,1H3. The first-order chi connectivity index (χ1) is 8.75. The maximum atomic E-state index is 10.3. The van der Waals surface area contributed by atoms with Crippen molar-refractivity contribution in [1.82, 2.24) is 9.97 Å². The van der Waals surface area contributed by atoms with E-state index in [1.54, 1.807) is 12.4 Å². The fourth-order valence-electron chi connectivity index (χ4n) is 2.40. The van der Waals surface area contributed by atoms with Crippen molar-refractivity contribution in [2.24, 2.45) is 0 Å². The molecule has 1 N–H and O–H groups in total. The smallest absolute Gasteiger partial charge is 0.115 e. The van der Waals surface area contributed by atoms with Crippen LogP contribution in [0.5, 0.6) is 0 Å². The molecule has 1 aliphatic rings. The van der Waals surface area contributed by atoms with Gasteiger partial charge in [0.15, 0.2) is 0 Å². The van der Waals surface area contributed by atoms with E-state index in [0.717, 1.165) is 24.1 Å². The third-order valence-corrected chi connectivity index (χ3v) is 3.44. The summed E-state index contributed by atoms with van der Waals surface area (Å²) in [5.41, 5.74) is 4.18. The van der Waals surface area contributed by atoms with Crippen molar-refractivity contribution in [1.29, 1.82) is 0 Å². The summed E-state index contributed by atoms with van der Waals surface area (Å²) < 4.78 is 0. The van der Waals surface area contributed by atoms with Crippen molar-refractivity contribution in [2.45, 2.75) is 12.5 Å². The number of hydrogen-bond donors (Lipinski definition) is 1. The Morgan fingerprint density at radius 2 is 2.00 bits per heavy atom. The number of fused-ring (bicyclic) bond motifs is 1. The lowest BCUT2D eigenvalue weighted by Crippen LogP contribution is -2.12. The van der Waals surface area contributed by atoms with Gasteiger partial charge in [0.1, 0.15) is 12.4 Å². The van der Waals surface area contributed by atoms with Gasteiger partial charge in [-0.25, -0.2) is 9.97 Å². The Kier molecular flexibility index (Phi) is 2.72. The molecule has 0 radical (unpaired) electrons. The van der Waals surface area contributed by atoms with Crippen molar-refractivity contribution in [3.63, 3.8) is 0 Å². The number of anilines is 1. The normalized spacial score (nSPS) is 15.6. The Balaban J connectivity index is 1.94. The largest absolute Gasteiger partial charge is 0.384 e. The predicted molar refractivity (Wildman–Crippen MR) is 69.5 cm³/mol. The Bertz CT molecular complexity index is 556. The predicted octanol–water partition coefficient (Wildman–Crippen LogP) is 1.55. The molecule has 1 aromatic heterocycles. The molecular weight excluding hydrogens is 226 g/mol. The molecule has 92 valence electrons. The van der Waals surface area contributed by atoms with Crippen molar-refractivity contribution in [2.75, 3.05) is 18.5 Å². The summed E-state index contributed by atoms with van der Waals surface area (Å²) in [5, 5.41) is 10.3. The van der Waals surface area contributed by atoms with Crippen LogP contribution in [0.3, 0.4) is 0 Å². The Hall–Kier alpha value is -1.94. The van der Waals surface area contributed by atoms with E-state index in [9.17, 15) is 5.11 Å². The first kappa shape index (κ1) is 11.2. The molecule has 4 nitrogen and oxygen atoms in total. The molecule has 1 aromatic carbocycles. The fraction of sp³-hybridized carbons (Fsp3) is 0.286. The number of benzene rings is 1. The molecule has 0 aliphatic carbocycles. The minimum atomic E-state index is -0.651. The highest BCUT2D eigenvalue weighted by Gasteiger charge is 2.18. The number of nitrogens with zero attached hydrogens (tertiary/aromatic N) is 3. The quantitative estimate of drug-likeness (QED) is 0.866. The number of aliphatic hydroxyl groups excluding tert-OH is 1. The van der Waals surface area contributed by atoms with E-state index in [-0.39, 0.29) is 0 Å². The Morgan fingerprint density at radius 3 is 2.78 bits per heavy atom. The summed E-state index contributed by atoms with van der Waals surface area (Å²) in [5.74, 6) is 0. The zero-order valence-electron chi connectivity index (χ0n) is 10.2. The topological polar surface area (TPSA) is 49.2 Å². The first-order valence-electron chi connectivity index (χ1n) is 6.02. The van der Waals surface area contributed by atoms with Crippen molar-refractivity contribution in [3.05, 3.63) is 53.6 Å². The molecule has 4 heteroatoms. The Morgan fingerprint density at radius 1 is 1.22 bits per heavy atom. The molecule has 18 heavy (non-hydrogen) atoms. The van der Waals surface area contributed by atoms with Crippen LogP contribution in [-0.2, 0) is 6.42 Å². The maximum Gasteiger partial charge on any atom is 0.115 e. The lowest BCUT2D eigenvalue weighted by atomic mass is 10.0. The van der Waals surface area contributed by atoms with Gasteiger partial charge in [-0.05, 0) is 23.6 Å². The highest BCUT2D eigenvalue weighted by molar-refractivity contribution is 5.59. The van der Waals surface area contributed by atoms with Crippen molar-refractivity contribution >= 4 is 5.69 Å². The molecule has 0 bridgehead atoms. The van der Waals surface area contributed by atoms with Crippen molar-refractivity contribution in [3.8, 4) is 0 Å². The van der Waals surface area contributed by atoms with Gasteiger partial charge < -0.3 is 10.0 Å². The van der Waals surface area contributed by atoms with Gasteiger partial charge in [-0.3, -0.25) is 0 Å². The van der Waals surface area contributed by atoms with E-state index in [2.05, 4.69) is 34.0 Å². The van der Waals surface area contributed by atoms with Crippen LogP contribution < -0.4 is 4.90 Å². The summed E-state index contributed by atoms with van der Waals surface area (Å²) in [7, 11) is 2.09. The van der Waals surface area contributed by atoms with Gasteiger partial charge in [-0.15, -0.1) is 0 Å². The van der Waals surface area contributed by atoms with E-state index in [1.807, 2.05) is 6.07 Å². The first-order valence-corrected chi connectivity index (χ1v) is 6.02. The lowest BCUT2D eigenvalue weighted by Gasteiger charge is -2.14. The third-order valence-electron chi connectivity index (χ3n) is 3.44. The van der Waals surface area contributed by atoms with Gasteiger partial charge in [0.25, 0.3) is 0 Å².